The Morgan fingerprint density at radius 3 is 2.68 bits per heavy atom. The van der Waals surface area contributed by atoms with E-state index in [1.165, 1.54) is 22.4 Å². The van der Waals surface area contributed by atoms with Crippen molar-refractivity contribution in [2.24, 2.45) is 5.92 Å². The van der Waals surface area contributed by atoms with Crippen LogP contribution in [0, 0.1) is 5.92 Å². The van der Waals surface area contributed by atoms with Crippen LogP contribution >= 0.6 is 0 Å². The average Bonchev–Trinajstić information content (AvgIpc) is 3.42. The van der Waals surface area contributed by atoms with Crippen molar-refractivity contribution in [3.05, 3.63) is 58.4 Å². The van der Waals surface area contributed by atoms with Crippen LogP contribution in [-0.2, 0) is 13.9 Å². The average molecular weight is 542 g/mol. The third-order valence-electron chi connectivity index (χ3n) is 8.72. The van der Waals surface area contributed by atoms with Gasteiger partial charge in [-0.3, -0.25) is 5.01 Å². The van der Waals surface area contributed by atoms with E-state index in [0.717, 1.165) is 43.6 Å². The normalized spacial score (nSPS) is 26.7. The Bertz CT molecular complexity index is 1080. The maximum absolute atomic E-state index is 13.2. The summed E-state index contributed by atoms with van der Waals surface area (Å²) in [5, 5.41) is 3.96. The fraction of sp³-hybridized carbons (Fsp3) is 0.633. The topological polar surface area (TPSA) is 54.5 Å². The molecule has 1 aliphatic carbocycles. The predicted octanol–water partition coefficient (Wildman–Crippen LogP) is 6.72. The summed E-state index contributed by atoms with van der Waals surface area (Å²) in [7, 11) is -1.85. The summed E-state index contributed by atoms with van der Waals surface area (Å²) in [6.45, 7) is 21.7. The Kier molecular flexibility index (Phi) is 8.52. The first-order valence-electron chi connectivity index (χ1n) is 14.2. The molecule has 0 N–H and O–H groups in total. The Balaban J connectivity index is 1.69. The van der Waals surface area contributed by atoms with Gasteiger partial charge in [0, 0.05) is 37.5 Å². The lowest BCUT2D eigenvalue weighted by molar-refractivity contribution is 0.0252. The highest BCUT2D eigenvalue weighted by atomic mass is 28.4. The SMILES string of the molecule is CCOC(=O)N1CC2=C3\CC=CC4=C3N(CC4)CC(C)/C(C)=C\O/C=C\2N1CCCO[Si](C)(C)C(C)(C)C. The molecule has 1 unspecified atom stereocenters. The molecule has 0 aromatic carbocycles. The van der Waals surface area contributed by atoms with E-state index in [1.807, 2.05) is 19.4 Å². The Morgan fingerprint density at radius 1 is 1.21 bits per heavy atom. The zero-order valence-electron chi connectivity index (χ0n) is 24.7. The molecule has 1 amide bonds. The van der Waals surface area contributed by atoms with Gasteiger partial charge >= 0.3 is 6.09 Å². The van der Waals surface area contributed by atoms with Crippen LogP contribution < -0.4 is 0 Å². The van der Waals surface area contributed by atoms with Gasteiger partial charge in [0.05, 0.1) is 25.1 Å². The van der Waals surface area contributed by atoms with Gasteiger partial charge in [-0.2, -0.15) is 0 Å². The minimum atomic E-state index is -1.85. The third kappa shape index (κ3) is 5.76. The molecule has 210 valence electrons. The highest BCUT2D eigenvalue weighted by molar-refractivity contribution is 6.74. The van der Waals surface area contributed by atoms with Gasteiger partial charge in [-0.25, -0.2) is 9.80 Å². The molecule has 3 heterocycles. The number of ether oxygens (including phenoxy) is 2. The van der Waals surface area contributed by atoms with E-state index in [4.69, 9.17) is 13.9 Å². The van der Waals surface area contributed by atoms with Crippen LogP contribution in [0.4, 0.5) is 4.79 Å². The van der Waals surface area contributed by atoms with Crippen molar-refractivity contribution in [3.8, 4) is 0 Å². The maximum Gasteiger partial charge on any atom is 0.429 e. The molecule has 4 aliphatic rings. The summed E-state index contributed by atoms with van der Waals surface area (Å²) in [5.74, 6) is 0.384. The molecular formula is C30H47N3O4Si. The second-order valence-electron chi connectivity index (χ2n) is 12.4. The van der Waals surface area contributed by atoms with Gasteiger partial charge in [0.15, 0.2) is 8.32 Å². The van der Waals surface area contributed by atoms with E-state index < -0.39 is 8.32 Å². The monoisotopic (exact) mass is 541 g/mol. The second kappa shape index (κ2) is 11.3. The van der Waals surface area contributed by atoms with E-state index in [2.05, 4.69) is 69.8 Å². The molecule has 0 radical (unpaired) electrons. The highest BCUT2D eigenvalue weighted by Crippen LogP contribution is 2.42. The van der Waals surface area contributed by atoms with E-state index in [-0.39, 0.29) is 11.1 Å². The predicted molar refractivity (Wildman–Crippen MR) is 154 cm³/mol. The van der Waals surface area contributed by atoms with E-state index in [0.29, 0.717) is 32.2 Å². The molecule has 1 fully saturated rings. The number of carbonyl (C=O) groups is 1. The summed E-state index contributed by atoms with van der Waals surface area (Å²) in [6.07, 6.45) is 10.6. The Labute approximate surface area is 230 Å². The fourth-order valence-electron chi connectivity index (χ4n) is 5.24. The lowest BCUT2D eigenvalue weighted by atomic mass is 9.92. The number of carbonyl (C=O) groups excluding carboxylic acids is 1. The number of allylic oxidation sites excluding steroid dienone is 3. The van der Waals surface area contributed by atoms with Crippen molar-refractivity contribution < 1.29 is 18.7 Å². The molecule has 8 heteroatoms. The highest BCUT2D eigenvalue weighted by Gasteiger charge is 2.40. The van der Waals surface area contributed by atoms with Crippen LogP contribution in [0.2, 0.25) is 18.1 Å². The zero-order chi connectivity index (χ0) is 27.7. The number of hydrogen-bond donors (Lipinski definition) is 0. The molecule has 4 rings (SSSR count). The largest absolute Gasteiger partial charge is 0.470 e. The Hall–Kier alpha value is -2.45. The number of hydrazine groups is 1. The van der Waals surface area contributed by atoms with Crippen molar-refractivity contribution in [1.82, 2.24) is 14.9 Å². The Morgan fingerprint density at radius 2 is 1.97 bits per heavy atom. The van der Waals surface area contributed by atoms with Gasteiger partial charge in [-0.15, -0.1) is 0 Å². The summed E-state index contributed by atoms with van der Waals surface area (Å²) in [6, 6.07) is 0. The van der Waals surface area contributed by atoms with Gasteiger partial charge in [-0.1, -0.05) is 39.8 Å². The number of amides is 1. The lowest BCUT2D eigenvalue weighted by Gasteiger charge is -2.36. The van der Waals surface area contributed by atoms with Crippen LogP contribution in [0.15, 0.2) is 58.4 Å². The molecule has 0 aromatic heterocycles. The third-order valence-corrected chi connectivity index (χ3v) is 13.3. The molecular weight excluding hydrogens is 494 g/mol. The van der Waals surface area contributed by atoms with Gasteiger partial charge in [-0.05, 0) is 73.9 Å². The van der Waals surface area contributed by atoms with Crippen LogP contribution in [0.5, 0.6) is 0 Å². The number of hydrogen-bond acceptors (Lipinski definition) is 6. The van der Waals surface area contributed by atoms with Gasteiger partial charge in [0.1, 0.15) is 6.26 Å². The first kappa shape index (κ1) is 28.6. The second-order valence-corrected chi connectivity index (χ2v) is 17.2. The van der Waals surface area contributed by atoms with Crippen LogP contribution in [0.1, 0.15) is 60.8 Å². The molecule has 1 atom stereocenters. The van der Waals surface area contributed by atoms with Crippen LogP contribution in [-0.4, -0.2) is 68.7 Å². The molecule has 3 aliphatic heterocycles. The summed E-state index contributed by atoms with van der Waals surface area (Å²) in [4.78, 5) is 15.7. The summed E-state index contributed by atoms with van der Waals surface area (Å²) >= 11 is 0. The number of rotatable bonds is 6. The minimum absolute atomic E-state index is 0.161. The summed E-state index contributed by atoms with van der Waals surface area (Å²) in [5.41, 5.74) is 7.34. The zero-order valence-corrected chi connectivity index (χ0v) is 25.7. The van der Waals surface area contributed by atoms with E-state index in [9.17, 15) is 4.79 Å². The van der Waals surface area contributed by atoms with Crippen molar-refractivity contribution in [2.75, 3.05) is 39.4 Å². The molecule has 0 saturated carbocycles. The van der Waals surface area contributed by atoms with Gasteiger partial charge < -0.3 is 18.8 Å². The quantitative estimate of drug-likeness (QED) is 0.275. The number of fused-ring (bicyclic) bond motifs is 1. The van der Waals surface area contributed by atoms with Gasteiger partial charge in [0.25, 0.3) is 0 Å². The van der Waals surface area contributed by atoms with Crippen molar-refractivity contribution in [2.45, 2.75) is 78.9 Å². The van der Waals surface area contributed by atoms with E-state index >= 15 is 0 Å². The smallest absolute Gasteiger partial charge is 0.429 e. The van der Waals surface area contributed by atoms with Crippen LogP contribution in [0.25, 0.3) is 0 Å². The number of nitrogens with zero attached hydrogens (tertiary/aromatic N) is 3. The standard InChI is InChI=1S/C30H47N3O4Si/c1-9-36-29(34)33-19-26-25-13-10-12-24-14-16-31(28(24)25)18-22(2)23(3)20-35-21-27(26)32(33)15-11-17-37-38(7,8)30(4,5)6/h10,12,20-22H,9,11,13-19H2,1-8H3/b23-20-,26-25-,27-21+. The minimum Gasteiger partial charge on any atom is -0.470 e. The van der Waals surface area contributed by atoms with Gasteiger partial charge in [0.2, 0.25) is 0 Å². The van der Waals surface area contributed by atoms with Crippen molar-refractivity contribution in [3.63, 3.8) is 0 Å². The summed E-state index contributed by atoms with van der Waals surface area (Å²) < 4.78 is 18.1. The van der Waals surface area contributed by atoms with Crippen molar-refractivity contribution >= 4 is 14.4 Å². The lowest BCUT2D eigenvalue weighted by Crippen LogP contribution is -2.43. The molecule has 1 saturated heterocycles. The first-order chi connectivity index (χ1) is 17.9. The molecule has 0 bridgehead atoms. The molecule has 0 spiro atoms. The first-order valence-corrected chi connectivity index (χ1v) is 17.1. The fourth-order valence-corrected chi connectivity index (χ4v) is 6.33. The van der Waals surface area contributed by atoms with Crippen molar-refractivity contribution in [1.29, 1.82) is 0 Å². The molecule has 7 nitrogen and oxygen atoms in total. The maximum atomic E-state index is 13.2. The van der Waals surface area contributed by atoms with E-state index in [1.54, 1.807) is 5.01 Å². The molecule has 0 aromatic rings. The van der Waals surface area contributed by atoms with Crippen LogP contribution in [0.3, 0.4) is 0 Å². The molecule has 38 heavy (non-hydrogen) atoms.